The molecule has 0 saturated carbocycles. The van der Waals surface area contributed by atoms with Gasteiger partial charge in [0.2, 0.25) is 12.8 Å². The molecule has 92 valence electrons. The molecule has 0 unspecified atom stereocenters. The van der Waals surface area contributed by atoms with Crippen molar-refractivity contribution in [3.63, 3.8) is 0 Å². The highest BCUT2D eigenvalue weighted by Crippen LogP contribution is 2.05. The first-order valence-corrected chi connectivity index (χ1v) is 6.25. The largest absolute Gasteiger partial charge is 0.345 e. The number of carbonyl (C=O) groups is 2. The highest BCUT2D eigenvalue weighted by Gasteiger charge is 2.05. The molecule has 2 fully saturated rings. The Hall–Kier alpha value is -1.06. The summed E-state index contributed by atoms with van der Waals surface area (Å²) in [7, 11) is 0. The van der Waals surface area contributed by atoms with Gasteiger partial charge in [-0.05, 0) is 38.5 Å². The Balaban J connectivity index is 0.000000160. The van der Waals surface area contributed by atoms with Crippen LogP contribution in [0.15, 0.2) is 0 Å². The zero-order chi connectivity index (χ0) is 11.6. The maximum atomic E-state index is 10.1. The molecule has 0 N–H and O–H groups in total. The zero-order valence-electron chi connectivity index (χ0n) is 9.94. The van der Waals surface area contributed by atoms with Gasteiger partial charge in [-0.25, -0.2) is 0 Å². The van der Waals surface area contributed by atoms with E-state index >= 15 is 0 Å². The summed E-state index contributed by atoms with van der Waals surface area (Å²) in [5.41, 5.74) is 0. The van der Waals surface area contributed by atoms with Crippen LogP contribution in [0.5, 0.6) is 0 Å². The van der Waals surface area contributed by atoms with Crippen LogP contribution in [0.3, 0.4) is 0 Å². The summed E-state index contributed by atoms with van der Waals surface area (Å²) in [5, 5.41) is 0. The number of rotatable bonds is 2. The molecule has 4 nitrogen and oxygen atoms in total. The number of likely N-dealkylation sites (tertiary alicyclic amines) is 2. The number of hydrogen-bond donors (Lipinski definition) is 0. The zero-order valence-corrected chi connectivity index (χ0v) is 9.94. The van der Waals surface area contributed by atoms with E-state index in [0.29, 0.717) is 0 Å². The number of nitrogens with zero attached hydrogens (tertiary/aromatic N) is 2. The first-order valence-electron chi connectivity index (χ1n) is 6.25. The summed E-state index contributed by atoms with van der Waals surface area (Å²) in [6, 6.07) is 0. The van der Waals surface area contributed by atoms with Gasteiger partial charge in [-0.15, -0.1) is 0 Å². The third kappa shape index (κ3) is 5.14. The molecule has 0 radical (unpaired) electrons. The summed E-state index contributed by atoms with van der Waals surface area (Å²) < 4.78 is 0. The fourth-order valence-electron chi connectivity index (χ4n) is 2.05. The van der Waals surface area contributed by atoms with Gasteiger partial charge in [-0.1, -0.05) is 0 Å². The topological polar surface area (TPSA) is 40.6 Å². The maximum Gasteiger partial charge on any atom is 0.209 e. The van der Waals surface area contributed by atoms with Gasteiger partial charge in [0, 0.05) is 26.2 Å². The molecule has 0 atom stereocenters. The van der Waals surface area contributed by atoms with Gasteiger partial charge in [0.25, 0.3) is 0 Å². The van der Waals surface area contributed by atoms with Crippen molar-refractivity contribution in [3.8, 4) is 0 Å². The van der Waals surface area contributed by atoms with Crippen molar-refractivity contribution in [1.29, 1.82) is 0 Å². The van der Waals surface area contributed by atoms with Crippen LogP contribution >= 0.6 is 0 Å². The Kier molecular flexibility index (Phi) is 6.61. The SMILES string of the molecule is O=CN1CCCCC1.O=CN1CCCCC1. The molecule has 0 spiro atoms. The van der Waals surface area contributed by atoms with Crippen molar-refractivity contribution in [2.45, 2.75) is 38.5 Å². The van der Waals surface area contributed by atoms with Crippen LogP contribution in [-0.4, -0.2) is 48.8 Å². The molecule has 2 heterocycles. The molecule has 2 amide bonds. The van der Waals surface area contributed by atoms with E-state index in [-0.39, 0.29) is 0 Å². The second-order valence-electron chi connectivity index (χ2n) is 4.40. The fraction of sp³-hybridized carbons (Fsp3) is 0.833. The van der Waals surface area contributed by atoms with E-state index in [1.807, 2.05) is 9.80 Å². The molecular formula is C12H22N2O2. The van der Waals surface area contributed by atoms with Crippen LogP contribution in [0.1, 0.15) is 38.5 Å². The van der Waals surface area contributed by atoms with Gasteiger partial charge in [0.15, 0.2) is 0 Å². The Labute approximate surface area is 97.6 Å². The second kappa shape index (κ2) is 8.13. The van der Waals surface area contributed by atoms with E-state index in [2.05, 4.69) is 0 Å². The number of amides is 2. The fourth-order valence-corrected chi connectivity index (χ4v) is 2.05. The van der Waals surface area contributed by atoms with Gasteiger partial charge >= 0.3 is 0 Å². The Bertz CT molecular complexity index is 175. The van der Waals surface area contributed by atoms with Crippen molar-refractivity contribution in [1.82, 2.24) is 9.80 Å². The van der Waals surface area contributed by atoms with E-state index in [4.69, 9.17) is 0 Å². The first kappa shape index (κ1) is 13.0. The minimum absolute atomic E-state index is 0.944. The third-order valence-electron chi connectivity index (χ3n) is 3.08. The van der Waals surface area contributed by atoms with Crippen LogP contribution in [0.4, 0.5) is 0 Å². The molecular weight excluding hydrogens is 204 g/mol. The lowest BCUT2D eigenvalue weighted by atomic mass is 10.1. The highest BCUT2D eigenvalue weighted by atomic mass is 16.1. The lowest BCUT2D eigenvalue weighted by molar-refractivity contribution is -0.119. The molecule has 2 aliphatic rings. The highest BCUT2D eigenvalue weighted by molar-refractivity contribution is 5.47. The molecule has 0 aromatic rings. The summed E-state index contributed by atoms with van der Waals surface area (Å²) >= 11 is 0. The molecule has 0 aliphatic carbocycles. The van der Waals surface area contributed by atoms with Gasteiger partial charge in [-0.2, -0.15) is 0 Å². The van der Waals surface area contributed by atoms with Crippen molar-refractivity contribution in [2.24, 2.45) is 0 Å². The minimum Gasteiger partial charge on any atom is -0.345 e. The van der Waals surface area contributed by atoms with Crippen LogP contribution in [0, 0.1) is 0 Å². The van der Waals surface area contributed by atoms with E-state index in [0.717, 1.165) is 39.0 Å². The average Bonchev–Trinajstić information content (AvgIpc) is 2.41. The maximum absolute atomic E-state index is 10.1. The summed E-state index contributed by atoms with van der Waals surface area (Å²) in [6.07, 6.45) is 9.25. The van der Waals surface area contributed by atoms with Crippen molar-refractivity contribution < 1.29 is 9.59 Å². The van der Waals surface area contributed by atoms with Crippen LogP contribution in [0.2, 0.25) is 0 Å². The predicted octanol–water partition coefficient (Wildman–Crippen LogP) is 1.26. The third-order valence-corrected chi connectivity index (χ3v) is 3.08. The van der Waals surface area contributed by atoms with Crippen LogP contribution in [-0.2, 0) is 9.59 Å². The van der Waals surface area contributed by atoms with E-state index in [1.54, 1.807) is 0 Å². The summed E-state index contributed by atoms with van der Waals surface area (Å²) in [5.74, 6) is 0. The van der Waals surface area contributed by atoms with Gasteiger partial charge in [0.05, 0.1) is 0 Å². The molecule has 2 aliphatic heterocycles. The van der Waals surface area contributed by atoms with Crippen LogP contribution < -0.4 is 0 Å². The lowest BCUT2D eigenvalue weighted by Crippen LogP contribution is -2.27. The minimum atomic E-state index is 0.944. The smallest absolute Gasteiger partial charge is 0.209 e. The monoisotopic (exact) mass is 226 g/mol. The van der Waals surface area contributed by atoms with Gasteiger partial charge in [0.1, 0.15) is 0 Å². The average molecular weight is 226 g/mol. The molecule has 2 rings (SSSR count). The first-order chi connectivity index (χ1) is 7.86. The van der Waals surface area contributed by atoms with Crippen LogP contribution in [0.25, 0.3) is 0 Å². The molecule has 0 bridgehead atoms. The summed E-state index contributed by atoms with van der Waals surface area (Å²) in [6.45, 7) is 3.90. The molecule has 16 heavy (non-hydrogen) atoms. The lowest BCUT2D eigenvalue weighted by Gasteiger charge is -2.21. The standard InChI is InChI=1S/2C6H11NO/c2*8-6-7-4-2-1-3-5-7/h2*6H,1-5H2. The predicted molar refractivity (Wildman–Crippen MR) is 63.0 cm³/mol. The van der Waals surface area contributed by atoms with E-state index in [9.17, 15) is 9.59 Å². The van der Waals surface area contributed by atoms with Crippen molar-refractivity contribution >= 4 is 12.8 Å². The van der Waals surface area contributed by atoms with Crippen molar-refractivity contribution in [2.75, 3.05) is 26.2 Å². The van der Waals surface area contributed by atoms with Gasteiger partial charge < -0.3 is 9.80 Å². The molecule has 0 aromatic heterocycles. The number of piperidine rings is 2. The van der Waals surface area contributed by atoms with Crippen molar-refractivity contribution in [3.05, 3.63) is 0 Å². The van der Waals surface area contributed by atoms with Gasteiger partial charge in [-0.3, -0.25) is 9.59 Å². The van der Waals surface area contributed by atoms with E-state index < -0.39 is 0 Å². The molecule has 2 saturated heterocycles. The Morgan fingerprint density at radius 1 is 0.562 bits per heavy atom. The summed E-state index contributed by atoms with van der Waals surface area (Å²) in [4.78, 5) is 23.8. The number of hydrogen-bond acceptors (Lipinski definition) is 2. The Morgan fingerprint density at radius 2 is 0.875 bits per heavy atom. The second-order valence-corrected chi connectivity index (χ2v) is 4.40. The number of carbonyl (C=O) groups excluding carboxylic acids is 2. The van der Waals surface area contributed by atoms with E-state index in [1.165, 1.54) is 38.5 Å². The molecule has 4 heteroatoms. The normalized spacial score (nSPS) is 20.8. The quantitative estimate of drug-likeness (QED) is 0.665. The Morgan fingerprint density at radius 3 is 1.06 bits per heavy atom. The molecule has 0 aromatic carbocycles.